The maximum Gasteiger partial charge on any atom is 0.279 e. The number of nitrogens with zero attached hydrogens (tertiary/aromatic N) is 6. The Labute approximate surface area is 387 Å². The average molecular weight is 925 g/mol. The van der Waals surface area contributed by atoms with Crippen LogP contribution in [0.25, 0.3) is 22.6 Å². The predicted molar refractivity (Wildman–Crippen MR) is 246 cm³/mol. The number of rotatable bonds is 15. The Morgan fingerprint density at radius 2 is 1.75 bits per heavy atom. The Kier molecular flexibility index (Phi) is 14.7. The Hall–Kier alpha value is -6.73. The van der Waals surface area contributed by atoms with Gasteiger partial charge in [-0.15, -0.1) is 0 Å². The molecule has 0 radical (unpaired) electrons. The molecule has 2 aliphatic heterocycles. The summed E-state index contributed by atoms with van der Waals surface area (Å²) in [5.74, 6) is -1.45. The Morgan fingerprint density at radius 3 is 2.40 bits per heavy atom. The largest absolute Gasteiger partial charge is 0.494 e. The number of hydrogen-bond acceptors (Lipinski definition) is 11. The lowest BCUT2D eigenvalue weighted by molar-refractivity contribution is -0.145. The van der Waals surface area contributed by atoms with E-state index in [9.17, 15) is 33.1 Å². The summed E-state index contributed by atoms with van der Waals surface area (Å²) < 4.78 is 39.7. The highest BCUT2D eigenvalue weighted by Gasteiger charge is 2.45. The van der Waals surface area contributed by atoms with Crippen LogP contribution in [0.15, 0.2) is 79.0 Å². The number of aliphatic hydroxyl groups is 1. The van der Waals surface area contributed by atoms with E-state index in [1.807, 2.05) is 84.1 Å². The zero-order chi connectivity index (χ0) is 48.2. The summed E-state index contributed by atoms with van der Waals surface area (Å²) in [6.45, 7) is 9.68. The van der Waals surface area contributed by atoms with E-state index in [0.29, 0.717) is 30.8 Å². The highest BCUT2D eigenvalue weighted by atomic mass is 19.3. The van der Waals surface area contributed by atoms with E-state index < -0.39 is 53.7 Å². The number of amides is 4. The van der Waals surface area contributed by atoms with Crippen LogP contribution < -0.4 is 25.6 Å². The standard InChI is InChI=1S/C48H58F2N10O7/c1-27-21-33(18-20-59(27)31-15-16-35(41(22-31)66-7)54-45(63)36-10-8-9-34(53-36)37-24-38(44(49)50)57-56-37)67-26-42(62)55-43(48(3,4)5)47(65)60-25-32(61)23-40(60)46(64)52-28(2)29-11-13-30(14-12-29)39-17-19-51-58(39)6/h8-17,19,22,24,27-28,32-33,40,43-44,61H,18,20-21,23,25-26H2,1-7H3,(H,52,64)(H,54,63)(H,55,62)(H,56,57)/t27-,28-,32+,33-,40-,43+/m0/s1. The third kappa shape index (κ3) is 11.3. The molecule has 17 nitrogen and oxygen atoms in total. The van der Waals surface area contributed by atoms with E-state index in [4.69, 9.17) is 9.47 Å². The molecule has 3 aromatic heterocycles. The van der Waals surface area contributed by atoms with Crippen LogP contribution in [0.1, 0.15) is 88.1 Å². The molecule has 2 fully saturated rings. The van der Waals surface area contributed by atoms with Gasteiger partial charge < -0.3 is 40.3 Å². The number of hydrogen-bond donors (Lipinski definition) is 5. The number of alkyl halides is 2. The average Bonchev–Trinajstić information content (AvgIpc) is 4.08. The number of aliphatic hydroxyl groups excluding tert-OH is 1. The van der Waals surface area contributed by atoms with E-state index in [1.54, 1.807) is 29.1 Å². The molecular weight excluding hydrogens is 867 g/mol. The quantitative estimate of drug-likeness (QED) is 0.0846. The maximum absolute atomic E-state index is 14.2. The van der Waals surface area contributed by atoms with Gasteiger partial charge in [0.15, 0.2) is 0 Å². The Morgan fingerprint density at radius 1 is 0.985 bits per heavy atom. The monoisotopic (exact) mass is 924 g/mol. The second-order valence-corrected chi connectivity index (χ2v) is 18.2. The summed E-state index contributed by atoms with van der Waals surface area (Å²) >= 11 is 0. The summed E-state index contributed by atoms with van der Waals surface area (Å²) in [5.41, 5.74) is 3.47. The first-order valence-corrected chi connectivity index (χ1v) is 22.2. The van der Waals surface area contributed by atoms with Crippen molar-refractivity contribution in [1.29, 1.82) is 0 Å². The smallest absolute Gasteiger partial charge is 0.279 e. The molecule has 2 aromatic carbocycles. The molecule has 2 saturated heterocycles. The van der Waals surface area contributed by atoms with Crippen LogP contribution in [-0.2, 0) is 26.2 Å². The topological polar surface area (TPSA) is 209 Å². The number of benzene rings is 2. The molecule has 4 amide bonds. The van der Waals surface area contributed by atoms with Crippen molar-refractivity contribution in [2.75, 3.05) is 37.0 Å². The van der Waals surface area contributed by atoms with Gasteiger partial charge in [-0.25, -0.2) is 13.8 Å². The zero-order valence-electron chi connectivity index (χ0n) is 38.6. The van der Waals surface area contributed by atoms with Crippen molar-refractivity contribution in [3.05, 3.63) is 95.9 Å². The molecule has 6 atom stereocenters. The zero-order valence-corrected chi connectivity index (χ0v) is 38.6. The number of piperidine rings is 1. The van der Waals surface area contributed by atoms with Crippen molar-refractivity contribution in [3.63, 3.8) is 0 Å². The summed E-state index contributed by atoms with van der Waals surface area (Å²) in [4.78, 5) is 62.5. The van der Waals surface area contributed by atoms with Gasteiger partial charge >= 0.3 is 0 Å². The second kappa shape index (κ2) is 20.4. The minimum Gasteiger partial charge on any atom is -0.494 e. The Bertz CT molecular complexity index is 2560. The first kappa shape index (κ1) is 48.2. The molecule has 0 spiro atoms. The van der Waals surface area contributed by atoms with E-state index >= 15 is 0 Å². The van der Waals surface area contributed by atoms with E-state index in [1.165, 1.54) is 24.1 Å². The number of carbonyl (C=O) groups is 4. The fourth-order valence-corrected chi connectivity index (χ4v) is 8.60. The van der Waals surface area contributed by atoms with E-state index in [0.717, 1.165) is 22.5 Å². The molecule has 5 N–H and O–H groups in total. The number of carbonyl (C=O) groups excluding carboxylic acids is 4. The molecule has 7 rings (SSSR count). The third-order valence-corrected chi connectivity index (χ3v) is 12.3. The number of nitrogens with one attached hydrogen (secondary N) is 4. The molecule has 19 heteroatoms. The van der Waals surface area contributed by atoms with Crippen molar-refractivity contribution in [1.82, 2.24) is 40.5 Å². The minimum atomic E-state index is -2.72. The van der Waals surface area contributed by atoms with E-state index in [-0.39, 0.29) is 60.5 Å². The van der Waals surface area contributed by atoms with Crippen LogP contribution in [0.2, 0.25) is 0 Å². The number of anilines is 2. The van der Waals surface area contributed by atoms with Gasteiger partial charge in [-0.2, -0.15) is 10.2 Å². The number of ether oxygens (including phenoxy) is 2. The van der Waals surface area contributed by atoms with Gasteiger partial charge in [-0.3, -0.25) is 29.0 Å². The van der Waals surface area contributed by atoms with Gasteiger partial charge in [-0.05, 0) is 79.6 Å². The third-order valence-electron chi connectivity index (χ3n) is 12.3. The van der Waals surface area contributed by atoms with Crippen LogP contribution in [0.3, 0.4) is 0 Å². The van der Waals surface area contributed by atoms with Crippen molar-refractivity contribution in [3.8, 4) is 28.4 Å². The summed E-state index contributed by atoms with van der Waals surface area (Å²) in [6.07, 6.45) is -0.877. The molecule has 2 aliphatic rings. The SMILES string of the molecule is COc1cc(N2CC[C@H](OCC(=O)N[C@H](C(=O)N3C[C@H](O)C[C@H]3C(=O)N[C@@H](C)c3ccc(-c4ccnn4C)cc3)C(C)(C)C)C[C@@H]2C)ccc1NC(=O)c1cccc(-c2cc(C(F)F)[nH]n2)n1. The summed E-state index contributed by atoms with van der Waals surface area (Å²) in [7, 11) is 3.36. The number of β-amino-alcohol motifs (C(OH)–C–C–N with tert-alkyl or cyclic N) is 1. The number of H-pyrrole nitrogens is 1. The molecule has 5 heterocycles. The van der Waals surface area contributed by atoms with Gasteiger partial charge in [0.1, 0.15) is 41.5 Å². The first-order chi connectivity index (χ1) is 31.9. The number of pyridine rings is 1. The van der Waals surface area contributed by atoms with Crippen molar-refractivity contribution in [2.45, 2.75) is 96.7 Å². The van der Waals surface area contributed by atoms with Crippen LogP contribution in [0, 0.1) is 5.41 Å². The maximum atomic E-state index is 14.2. The normalized spacial score (nSPS) is 19.5. The van der Waals surface area contributed by atoms with Gasteiger partial charge in [-0.1, -0.05) is 51.1 Å². The molecule has 0 bridgehead atoms. The fraction of sp³-hybridized carbons (Fsp3) is 0.438. The van der Waals surface area contributed by atoms with Crippen molar-refractivity contribution >= 4 is 35.0 Å². The van der Waals surface area contributed by atoms with Gasteiger partial charge in [0.25, 0.3) is 12.3 Å². The minimum absolute atomic E-state index is 0.00567. The second-order valence-electron chi connectivity index (χ2n) is 18.2. The van der Waals surface area contributed by atoms with Gasteiger partial charge in [0.05, 0.1) is 42.4 Å². The lowest BCUT2D eigenvalue weighted by Gasteiger charge is -2.39. The fourth-order valence-electron chi connectivity index (χ4n) is 8.60. The molecule has 356 valence electrons. The first-order valence-electron chi connectivity index (χ1n) is 22.2. The van der Waals surface area contributed by atoms with Crippen LogP contribution >= 0.6 is 0 Å². The molecule has 0 aliphatic carbocycles. The number of methoxy groups -OCH3 is 1. The molecule has 0 unspecified atom stereocenters. The van der Waals surface area contributed by atoms with Crippen LogP contribution in [0.5, 0.6) is 5.75 Å². The van der Waals surface area contributed by atoms with Gasteiger partial charge in [0, 0.05) is 50.6 Å². The van der Waals surface area contributed by atoms with Crippen LogP contribution in [0.4, 0.5) is 20.2 Å². The number of likely N-dealkylation sites (tertiary alicyclic amines) is 1. The molecule has 67 heavy (non-hydrogen) atoms. The highest BCUT2D eigenvalue weighted by molar-refractivity contribution is 6.04. The summed E-state index contributed by atoms with van der Waals surface area (Å²) in [5, 5.41) is 29.8. The van der Waals surface area contributed by atoms with Crippen LogP contribution in [-0.4, -0.2) is 116 Å². The number of aromatic nitrogens is 5. The Balaban J connectivity index is 0.912. The lowest BCUT2D eigenvalue weighted by Crippen LogP contribution is -2.58. The van der Waals surface area contributed by atoms with Crippen molar-refractivity contribution < 1.29 is 42.5 Å². The number of halogens is 2. The predicted octanol–water partition coefficient (Wildman–Crippen LogP) is 5.81. The lowest BCUT2D eigenvalue weighted by atomic mass is 9.85. The summed E-state index contributed by atoms with van der Waals surface area (Å²) in [6, 6.07) is 18.7. The molecule has 0 saturated carbocycles. The highest BCUT2D eigenvalue weighted by Crippen LogP contribution is 2.34. The van der Waals surface area contributed by atoms with E-state index in [2.05, 4.69) is 41.1 Å². The molecule has 5 aromatic rings. The van der Waals surface area contributed by atoms with Gasteiger partial charge in [0.2, 0.25) is 17.7 Å². The number of aryl methyl sites for hydroxylation is 1. The van der Waals surface area contributed by atoms with Crippen molar-refractivity contribution in [2.24, 2.45) is 12.5 Å². The number of aromatic amines is 1. The molecular formula is C48H58F2N10O7.